The molecular formula is C25H36IN5O2. The molecule has 0 radical (unpaired) electrons. The maximum absolute atomic E-state index is 11.6. The molecule has 2 aromatic rings. The van der Waals surface area contributed by atoms with Crippen LogP contribution in [0.4, 0.5) is 5.69 Å². The maximum Gasteiger partial charge on any atom is 0.257 e. The molecule has 3 N–H and O–H groups in total. The van der Waals surface area contributed by atoms with Gasteiger partial charge in [-0.1, -0.05) is 24.3 Å². The molecule has 0 bridgehead atoms. The zero-order valence-corrected chi connectivity index (χ0v) is 22.1. The van der Waals surface area contributed by atoms with Gasteiger partial charge in [-0.25, -0.2) is 0 Å². The van der Waals surface area contributed by atoms with Gasteiger partial charge in [-0.05, 0) is 62.1 Å². The predicted molar refractivity (Wildman–Crippen MR) is 146 cm³/mol. The van der Waals surface area contributed by atoms with Crippen LogP contribution in [-0.2, 0) is 11.3 Å². The molecule has 0 saturated carbocycles. The lowest BCUT2D eigenvalue weighted by atomic mass is 10.1. The van der Waals surface area contributed by atoms with Gasteiger partial charge in [0.1, 0.15) is 5.75 Å². The fourth-order valence-corrected chi connectivity index (χ4v) is 3.78. The zero-order chi connectivity index (χ0) is 22.8. The lowest BCUT2D eigenvalue weighted by molar-refractivity contribution is -0.122. The fraction of sp³-hybridized carbons (Fsp3) is 0.440. The van der Waals surface area contributed by atoms with Gasteiger partial charge >= 0.3 is 0 Å². The van der Waals surface area contributed by atoms with Crippen molar-refractivity contribution in [2.75, 3.05) is 38.2 Å². The second-order valence-electron chi connectivity index (χ2n) is 7.97. The maximum atomic E-state index is 11.6. The van der Waals surface area contributed by atoms with Crippen molar-refractivity contribution >= 4 is 41.5 Å². The molecule has 1 amide bonds. The molecule has 3 rings (SSSR count). The van der Waals surface area contributed by atoms with E-state index in [-0.39, 0.29) is 42.5 Å². The molecule has 33 heavy (non-hydrogen) atoms. The number of nitrogens with zero attached hydrogens (tertiary/aromatic N) is 2. The SMILES string of the molecule is CCNC(=O)COc1cccc(CNC(=NC)NC(C)c2cccc(N3CCCC3)c2)c1.I. The van der Waals surface area contributed by atoms with Crippen LogP contribution in [0.3, 0.4) is 0 Å². The summed E-state index contributed by atoms with van der Waals surface area (Å²) in [6.45, 7) is 7.52. The normalized spacial score (nSPS) is 14.3. The number of hydrogen-bond donors (Lipinski definition) is 3. The number of anilines is 1. The number of halogens is 1. The standard InChI is InChI=1S/C25H35N5O2.HI/c1-4-27-24(31)18-32-23-12-7-9-20(15-23)17-28-25(26-3)29-19(2)21-10-8-11-22(16-21)30-13-5-6-14-30;/h7-12,15-16,19H,4-6,13-14,17-18H2,1-3H3,(H,27,31)(H2,26,28,29);1H. The van der Waals surface area contributed by atoms with E-state index in [0.717, 1.165) is 24.6 Å². The first-order valence-corrected chi connectivity index (χ1v) is 11.4. The van der Waals surface area contributed by atoms with Crippen LogP contribution in [0.25, 0.3) is 0 Å². The van der Waals surface area contributed by atoms with Crippen LogP contribution in [0.2, 0.25) is 0 Å². The highest BCUT2D eigenvalue weighted by atomic mass is 127. The van der Waals surface area contributed by atoms with E-state index in [9.17, 15) is 4.79 Å². The van der Waals surface area contributed by atoms with Crippen molar-refractivity contribution < 1.29 is 9.53 Å². The van der Waals surface area contributed by atoms with Gasteiger partial charge in [0.15, 0.2) is 12.6 Å². The van der Waals surface area contributed by atoms with Gasteiger partial charge in [0.2, 0.25) is 0 Å². The van der Waals surface area contributed by atoms with Gasteiger partial charge in [0.05, 0.1) is 6.04 Å². The molecule has 0 aliphatic carbocycles. The Bertz CT molecular complexity index is 915. The minimum absolute atomic E-state index is 0. The summed E-state index contributed by atoms with van der Waals surface area (Å²) in [6.07, 6.45) is 2.54. The van der Waals surface area contributed by atoms with Crippen molar-refractivity contribution in [2.45, 2.75) is 39.3 Å². The smallest absolute Gasteiger partial charge is 0.257 e. The van der Waals surface area contributed by atoms with Crippen LogP contribution in [0, 0.1) is 0 Å². The molecule has 1 fully saturated rings. The molecule has 1 aliphatic rings. The molecule has 180 valence electrons. The Kier molecular flexibility index (Phi) is 11.3. The second kappa shape index (κ2) is 13.9. The number of carbonyl (C=O) groups excluding carboxylic acids is 1. The highest BCUT2D eigenvalue weighted by molar-refractivity contribution is 14.0. The summed E-state index contributed by atoms with van der Waals surface area (Å²) >= 11 is 0. The number of likely N-dealkylation sites (N-methyl/N-ethyl adjacent to an activating group) is 1. The van der Waals surface area contributed by atoms with E-state index in [4.69, 9.17) is 4.74 Å². The van der Waals surface area contributed by atoms with Crippen LogP contribution in [-0.4, -0.2) is 45.2 Å². The predicted octanol–water partition coefficient (Wildman–Crippen LogP) is 3.85. The van der Waals surface area contributed by atoms with E-state index < -0.39 is 0 Å². The first-order valence-electron chi connectivity index (χ1n) is 11.4. The van der Waals surface area contributed by atoms with E-state index in [0.29, 0.717) is 18.8 Å². The van der Waals surface area contributed by atoms with Crippen LogP contribution >= 0.6 is 24.0 Å². The van der Waals surface area contributed by atoms with Gasteiger partial charge in [0, 0.05) is 38.9 Å². The quantitative estimate of drug-likeness (QED) is 0.245. The molecule has 0 spiro atoms. The number of aliphatic imine (C=N–C) groups is 1. The van der Waals surface area contributed by atoms with E-state index >= 15 is 0 Å². The Morgan fingerprint density at radius 1 is 1.12 bits per heavy atom. The van der Waals surface area contributed by atoms with E-state index in [1.54, 1.807) is 7.05 Å². The number of amides is 1. The van der Waals surface area contributed by atoms with Crippen molar-refractivity contribution in [2.24, 2.45) is 4.99 Å². The molecule has 8 heteroatoms. The van der Waals surface area contributed by atoms with E-state index in [2.05, 4.69) is 57.0 Å². The lowest BCUT2D eigenvalue weighted by Gasteiger charge is -2.22. The third kappa shape index (κ3) is 8.42. The Hall–Kier alpha value is -2.49. The molecule has 2 aromatic carbocycles. The van der Waals surface area contributed by atoms with Crippen molar-refractivity contribution in [1.29, 1.82) is 0 Å². The highest BCUT2D eigenvalue weighted by Crippen LogP contribution is 2.24. The first-order chi connectivity index (χ1) is 15.6. The first kappa shape index (κ1) is 26.8. The Balaban J connectivity index is 0.00000385. The molecule has 0 aromatic heterocycles. The molecule has 7 nitrogen and oxygen atoms in total. The van der Waals surface area contributed by atoms with Crippen molar-refractivity contribution in [3.05, 3.63) is 59.7 Å². The Morgan fingerprint density at radius 3 is 2.61 bits per heavy atom. The van der Waals surface area contributed by atoms with Gasteiger partial charge in [-0.15, -0.1) is 24.0 Å². The molecule has 1 atom stereocenters. The number of carbonyl (C=O) groups is 1. The van der Waals surface area contributed by atoms with Gasteiger partial charge in [0.25, 0.3) is 5.91 Å². The largest absolute Gasteiger partial charge is 0.484 e. The number of ether oxygens (including phenoxy) is 1. The lowest BCUT2D eigenvalue weighted by Crippen LogP contribution is -2.38. The third-order valence-electron chi connectivity index (χ3n) is 5.52. The summed E-state index contributed by atoms with van der Waals surface area (Å²) in [5, 5.41) is 9.56. The van der Waals surface area contributed by atoms with Crippen LogP contribution < -0.4 is 25.6 Å². The summed E-state index contributed by atoms with van der Waals surface area (Å²) in [5.41, 5.74) is 3.57. The third-order valence-corrected chi connectivity index (χ3v) is 5.52. The van der Waals surface area contributed by atoms with Crippen LogP contribution in [0.1, 0.15) is 43.9 Å². The summed E-state index contributed by atoms with van der Waals surface area (Å²) in [5.74, 6) is 1.28. The number of benzene rings is 2. The van der Waals surface area contributed by atoms with Gasteiger partial charge < -0.3 is 25.6 Å². The van der Waals surface area contributed by atoms with Crippen molar-refractivity contribution in [3.63, 3.8) is 0 Å². The number of nitrogens with one attached hydrogen (secondary N) is 3. The molecular weight excluding hydrogens is 529 g/mol. The molecule has 1 aliphatic heterocycles. The molecule has 1 heterocycles. The van der Waals surface area contributed by atoms with Gasteiger partial charge in [-0.3, -0.25) is 9.79 Å². The van der Waals surface area contributed by atoms with E-state index in [1.807, 2.05) is 31.2 Å². The second-order valence-corrected chi connectivity index (χ2v) is 7.97. The van der Waals surface area contributed by atoms with Crippen LogP contribution in [0.5, 0.6) is 5.75 Å². The summed E-state index contributed by atoms with van der Waals surface area (Å²) in [4.78, 5) is 18.4. The van der Waals surface area contributed by atoms with Crippen molar-refractivity contribution in [3.8, 4) is 5.75 Å². The summed E-state index contributed by atoms with van der Waals surface area (Å²) in [6, 6.07) is 16.6. The molecule has 1 unspecified atom stereocenters. The summed E-state index contributed by atoms with van der Waals surface area (Å²) < 4.78 is 5.58. The van der Waals surface area contributed by atoms with Crippen molar-refractivity contribution in [1.82, 2.24) is 16.0 Å². The monoisotopic (exact) mass is 565 g/mol. The Morgan fingerprint density at radius 2 is 1.88 bits per heavy atom. The number of rotatable bonds is 9. The highest BCUT2D eigenvalue weighted by Gasteiger charge is 2.14. The minimum atomic E-state index is -0.122. The topological polar surface area (TPSA) is 78.0 Å². The van der Waals surface area contributed by atoms with E-state index in [1.165, 1.54) is 24.1 Å². The summed E-state index contributed by atoms with van der Waals surface area (Å²) in [7, 11) is 1.77. The Labute approximate surface area is 214 Å². The fourth-order valence-electron chi connectivity index (χ4n) is 3.78. The number of hydrogen-bond acceptors (Lipinski definition) is 4. The number of guanidine groups is 1. The van der Waals surface area contributed by atoms with Gasteiger partial charge in [-0.2, -0.15) is 0 Å². The van der Waals surface area contributed by atoms with Crippen LogP contribution in [0.15, 0.2) is 53.5 Å². The average Bonchev–Trinajstić information content (AvgIpc) is 3.36. The molecule has 1 saturated heterocycles. The minimum Gasteiger partial charge on any atom is -0.484 e. The average molecular weight is 566 g/mol. The zero-order valence-electron chi connectivity index (χ0n) is 19.8.